The second kappa shape index (κ2) is 7.04. The van der Waals surface area contributed by atoms with Crippen LogP contribution in [0.25, 0.3) is 21.6 Å². The molecule has 1 unspecified atom stereocenters. The first kappa shape index (κ1) is 17.4. The SMILES string of the molecule is OCC1CCCCN1c1nc(-c2ccc(Cl)cc2)nc2sc3c(c12)CCC3. The summed E-state index contributed by atoms with van der Waals surface area (Å²) in [6.45, 7) is 1.12. The molecule has 1 saturated heterocycles. The van der Waals surface area contributed by atoms with Crippen molar-refractivity contribution in [3.05, 3.63) is 39.7 Å². The van der Waals surface area contributed by atoms with Crippen molar-refractivity contribution in [2.24, 2.45) is 0 Å². The number of rotatable bonds is 3. The molecule has 1 atom stereocenters. The zero-order valence-electron chi connectivity index (χ0n) is 15.1. The predicted octanol–water partition coefficient (Wildman–Crippen LogP) is 4.85. The molecule has 1 aromatic carbocycles. The molecule has 4 nitrogen and oxygen atoms in total. The highest BCUT2D eigenvalue weighted by Crippen LogP contribution is 2.42. The second-order valence-electron chi connectivity index (χ2n) is 7.44. The van der Waals surface area contributed by atoms with E-state index >= 15 is 0 Å². The molecule has 140 valence electrons. The van der Waals surface area contributed by atoms with Crippen LogP contribution < -0.4 is 4.90 Å². The topological polar surface area (TPSA) is 49.2 Å². The molecule has 2 aliphatic rings. The summed E-state index contributed by atoms with van der Waals surface area (Å²) in [7, 11) is 0. The number of aryl methyl sites for hydroxylation is 2. The Kier molecular flexibility index (Phi) is 4.54. The van der Waals surface area contributed by atoms with Crippen molar-refractivity contribution in [1.82, 2.24) is 9.97 Å². The summed E-state index contributed by atoms with van der Waals surface area (Å²) in [5.41, 5.74) is 2.42. The third-order valence-electron chi connectivity index (χ3n) is 5.76. The molecule has 6 heteroatoms. The number of fused-ring (bicyclic) bond motifs is 3. The van der Waals surface area contributed by atoms with E-state index in [4.69, 9.17) is 21.6 Å². The van der Waals surface area contributed by atoms with Crippen LogP contribution >= 0.6 is 22.9 Å². The van der Waals surface area contributed by atoms with Gasteiger partial charge in [-0.05, 0) is 68.4 Å². The lowest BCUT2D eigenvalue weighted by Crippen LogP contribution is -2.42. The molecule has 0 amide bonds. The Bertz CT molecular complexity index is 985. The molecule has 2 aromatic heterocycles. The van der Waals surface area contributed by atoms with Crippen molar-refractivity contribution >= 4 is 39.0 Å². The van der Waals surface area contributed by atoms with E-state index in [9.17, 15) is 5.11 Å². The van der Waals surface area contributed by atoms with E-state index in [0.717, 1.165) is 54.3 Å². The van der Waals surface area contributed by atoms with Gasteiger partial charge in [0.05, 0.1) is 18.0 Å². The summed E-state index contributed by atoms with van der Waals surface area (Å²) >= 11 is 7.88. The van der Waals surface area contributed by atoms with E-state index in [1.165, 1.54) is 28.7 Å². The van der Waals surface area contributed by atoms with Crippen molar-refractivity contribution in [2.45, 2.75) is 44.6 Å². The maximum absolute atomic E-state index is 9.96. The van der Waals surface area contributed by atoms with E-state index in [1.807, 2.05) is 35.6 Å². The van der Waals surface area contributed by atoms with E-state index in [2.05, 4.69) is 4.90 Å². The van der Waals surface area contributed by atoms with Gasteiger partial charge in [-0.25, -0.2) is 9.97 Å². The van der Waals surface area contributed by atoms with Crippen LogP contribution in [0, 0.1) is 0 Å². The number of nitrogens with zero attached hydrogens (tertiary/aromatic N) is 3. The molecule has 0 radical (unpaired) electrons. The molecular formula is C21H22ClN3OS. The minimum Gasteiger partial charge on any atom is -0.394 e. The molecule has 0 saturated carbocycles. The average Bonchev–Trinajstić information content (AvgIpc) is 3.28. The molecule has 5 rings (SSSR count). The molecule has 27 heavy (non-hydrogen) atoms. The number of aliphatic hydroxyl groups excluding tert-OH is 1. The van der Waals surface area contributed by atoms with E-state index in [-0.39, 0.29) is 12.6 Å². The van der Waals surface area contributed by atoms with E-state index < -0.39 is 0 Å². The first-order chi connectivity index (χ1) is 13.2. The van der Waals surface area contributed by atoms with Crippen LogP contribution in [0.1, 0.15) is 36.1 Å². The monoisotopic (exact) mass is 399 g/mol. The van der Waals surface area contributed by atoms with Crippen molar-refractivity contribution in [1.29, 1.82) is 0 Å². The number of aliphatic hydroxyl groups is 1. The lowest BCUT2D eigenvalue weighted by atomic mass is 10.0. The highest BCUT2D eigenvalue weighted by molar-refractivity contribution is 7.19. The van der Waals surface area contributed by atoms with Crippen molar-refractivity contribution in [3.63, 3.8) is 0 Å². The Morgan fingerprint density at radius 3 is 2.78 bits per heavy atom. The van der Waals surface area contributed by atoms with Crippen molar-refractivity contribution in [3.8, 4) is 11.4 Å². The number of halogens is 1. The van der Waals surface area contributed by atoms with Gasteiger partial charge in [-0.1, -0.05) is 11.6 Å². The summed E-state index contributed by atoms with van der Waals surface area (Å²) in [6.07, 6.45) is 6.81. The van der Waals surface area contributed by atoms with Crippen LogP contribution in [-0.2, 0) is 12.8 Å². The van der Waals surface area contributed by atoms with Gasteiger partial charge < -0.3 is 10.0 Å². The summed E-state index contributed by atoms with van der Waals surface area (Å²) < 4.78 is 0. The molecule has 3 aromatic rings. The Morgan fingerprint density at radius 1 is 1.11 bits per heavy atom. The smallest absolute Gasteiger partial charge is 0.163 e. The second-order valence-corrected chi connectivity index (χ2v) is 8.96. The fourth-order valence-corrected chi connectivity index (χ4v) is 5.76. The minimum atomic E-state index is 0.145. The van der Waals surface area contributed by atoms with E-state index in [1.54, 1.807) is 0 Å². The number of anilines is 1. The summed E-state index contributed by atoms with van der Waals surface area (Å²) in [5.74, 6) is 1.76. The zero-order chi connectivity index (χ0) is 18.4. The van der Waals surface area contributed by atoms with Gasteiger partial charge in [0.15, 0.2) is 5.82 Å². The first-order valence-electron chi connectivity index (χ1n) is 9.70. The largest absolute Gasteiger partial charge is 0.394 e. The molecule has 1 N–H and O–H groups in total. The molecule has 1 aliphatic carbocycles. The van der Waals surface area contributed by atoms with Crippen LogP contribution in [0.15, 0.2) is 24.3 Å². The highest BCUT2D eigenvalue weighted by Gasteiger charge is 2.29. The molecule has 1 aliphatic heterocycles. The number of benzene rings is 1. The van der Waals surface area contributed by atoms with Gasteiger partial charge in [-0.15, -0.1) is 11.3 Å². The predicted molar refractivity (Wildman–Crippen MR) is 112 cm³/mol. The zero-order valence-corrected chi connectivity index (χ0v) is 16.7. The fourth-order valence-electron chi connectivity index (χ4n) is 4.38. The van der Waals surface area contributed by atoms with Gasteiger partial charge in [0, 0.05) is 22.0 Å². The van der Waals surface area contributed by atoms with Crippen LogP contribution in [0.4, 0.5) is 5.82 Å². The molecule has 1 fully saturated rings. The Hall–Kier alpha value is -1.69. The minimum absolute atomic E-state index is 0.145. The van der Waals surface area contributed by atoms with E-state index in [0.29, 0.717) is 5.02 Å². The number of hydrogen-bond donors (Lipinski definition) is 1. The van der Waals surface area contributed by atoms with Gasteiger partial charge in [-0.3, -0.25) is 0 Å². The average molecular weight is 400 g/mol. The quantitative estimate of drug-likeness (QED) is 0.683. The Balaban J connectivity index is 1.72. The molecule has 3 heterocycles. The number of aromatic nitrogens is 2. The molecule has 0 bridgehead atoms. The maximum Gasteiger partial charge on any atom is 0.163 e. The normalized spacial score (nSPS) is 19.6. The number of thiophene rings is 1. The third kappa shape index (κ3) is 3.02. The van der Waals surface area contributed by atoms with Crippen LogP contribution in [0.2, 0.25) is 5.02 Å². The van der Waals surface area contributed by atoms with Gasteiger partial charge in [0.25, 0.3) is 0 Å². The lowest BCUT2D eigenvalue weighted by molar-refractivity contribution is 0.239. The summed E-state index contributed by atoms with van der Waals surface area (Å²) in [4.78, 5) is 14.8. The lowest BCUT2D eigenvalue weighted by Gasteiger charge is -2.36. The highest BCUT2D eigenvalue weighted by atomic mass is 35.5. The van der Waals surface area contributed by atoms with Crippen molar-refractivity contribution < 1.29 is 5.11 Å². The maximum atomic E-state index is 9.96. The van der Waals surface area contributed by atoms with Gasteiger partial charge >= 0.3 is 0 Å². The number of piperidine rings is 1. The van der Waals surface area contributed by atoms with Gasteiger partial charge in [0.1, 0.15) is 10.6 Å². The Morgan fingerprint density at radius 2 is 1.96 bits per heavy atom. The van der Waals surface area contributed by atoms with Crippen molar-refractivity contribution in [2.75, 3.05) is 18.1 Å². The van der Waals surface area contributed by atoms with Crippen LogP contribution in [0.3, 0.4) is 0 Å². The summed E-state index contributed by atoms with van der Waals surface area (Å²) in [5, 5.41) is 11.9. The Labute approximate surface area is 167 Å². The molecular weight excluding hydrogens is 378 g/mol. The number of hydrogen-bond acceptors (Lipinski definition) is 5. The van der Waals surface area contributed by atoms with Crippen LogP contribution in [-0.4, -0.2) is 34.3 Å². The first-order valence-corrected chi connectivity index (χ1v) is 10.9. The molecule has 0 spiro atoms. The third-order valence-corrected chi connectivity index (χ3v) is 7.20. The fraction of sp³-hybridized carbons (Fsp3) is 0.429. The van der Waals surface area contributed by atoms with Gasteiger partial charge in [-0.2, -0.15) is 0 Å². The van der Waals surface area contributed by atoms with Gasteiger partial charge in [0.2, 0.25) is 0 Å². The van der Waals surface area contributed by atoms with Crippen LogP contribution in [0.5, 0.6) is 0 Å². The standard InChI is InChI=1S/C21H22ClN3OS/c22-14-9-7-13(8-10-14)19-23-20(25-11-2-1-4-15(25)12-26)18-16-5-3-6-17(16)27-21(18)24-19/h7-10,15,26H,1-6,11-12H2. The summed E-state index contributed by atoms with van der Waals surface area (Å²) in [6, 6.07) is 7.88.